The van der Waals surface area contributed by atoms with E-state index in [0.29, 0.717) is 6.04 Å². The van der Waals surface area contributed by atoms with Crippen molar-refractivity contribution in [1.29, 1.82) is 0 Å². The van der Waals surface area contributed by atoms with Gasteiger partial charge in [-0.2, -0.15) is 0 Å². The van der Waals surface area contributed by atoms with Crippen LogP contribution in [0, 0.1) is 0 Å². The number of imidazole rings is 1. The second kappa shape index (κ2) is 7.56. The first-order valence-electron chi connectivity index (χ1n) is 6.41. The van der Waals surface area contributed by atoms with Crippen molar-refractivity contribution in [2.24, 2.45) is 0 Å². The third kappa shape index (κ3) is 4.12. The fourth-order valence-electron chi connectivity index (χ4n) is 2.04. The number of benzene rings is 1. The number of hydrogen-bond acceptors (Lipinski definition) is 0. The fourth-order valence-corrected chi connectivity index (χ4v) is 2.04. The van der Waals surface area contributed by atoms with Crippen LogP contribution < -0.4 is 28.5 Å². The maximum Gasteiger partial charge on any atom is 0.241 e. The van der Waals surface area contributed by atoms with Crippen molar-refractivity contribution >= 4 is 0 Å². The number of nitrogens with zero attached hydrogens (tertiary/aromatic N) is 1. The summed E-state index contributed by atoms with van der Waals surface area (Å²) in [7, 11) is 0. The summed E-state index contributed by atoms with van der Waals surface area (Å²) in [5.41, 5.74) is 2.85. The largest absolute Gasteiger partial charge is 1.00 e. The Kier molecular flexibility index (Phi) is 6.39. The van der Waals surface area contributed by atoms with Crippen molar-refractivity contribution in [3.8, 4) is 0 Å². The highest BCUT2D eigenvalue weighted by Crippen LogP contribution is 2.11. The number of H-pyrrole nitrogens is 1. The third-order valence-electron chi connectivity index (χ3n) is 3.36. The molecule has 0 aliphatic heterocycles. The summed E-state index contributed by atoms with van der Waals surface area (Å²) >= 11 is 0. The molecular formula is C15H21IN2. The van der Waals surface area contributed by atoms with E-state index in [-0.39, 0.29) is 24.0 Å². The minimum absolute atomic E-state index is 0. The van der Waals surface area contributed by atoms with E-state index in [2.05, 4.69) is 53.9 Å². The van der Waals surface area contributed by atoms with Gasteiger partial charge in [0.15, 0.2) is 0 Å². The molecular weight excluding hydrogens is 335 g/mol. The topological polar surface area (TPSA) is 19.7 Å². The van der Waals surface area contributed by atoms with Gasteiger partial charge < -0.3 is 24.0 Å². The second-order valence-corrected chi connectivity index (χ2v) is 4.62. The van der Waals surface area contributed by atoms with E-state index in [0.717, 1.165) is 12.8 Å². The fraction of sp³-hybridized carbons (Fsp3) is 0.400. The molecule has 0 aliphatic carbocycles. The summed E-state index contributed by atoms with van der Waals surface area (Å²) in [6.07, 6.45) is 9.51. The number of rotatable bonds is 5. The predicted octanol–water partition coefficient (Wildman–Crippen LogP) is 0.0624. The van der Waals surface area contributed by atoms with Crippen molar-refractivity contribution in [3.05, 3.63) is 54.1 Å². The minimum Gasteiger partial charge on any atom is -1.00 e. The SMILES string of the molecule is CCc1ccc(CCC(C)[n+]2cc[nH]c2)cc1.[I-]. The number of aryl methyl sites for hydroxylation is 2. The molecule has 1 atom stereocenters. The molecule has 1 aromatic heterocycles. The highest BCUT2D eigenvalue weighted by molar-refractivity contribution is 5.22. The zero-order chi connectivity index (χ0) is 12.1. The van der Waals surface area contributed by atoms with Crippen molar-refractivity contribution in [2.75, 3.05) is 0 Å². The highest BCUT2D eigenvalue weighted by Gasteiger charge is 2.08. The van der Waals surface area contributed by atoms with Crippen LogP contribution >= 0.6 is 0 Å². The zero-order valence-electron chi connectivity index (χ0n) is 11.1. The summed E-state index contributed by atoms with van der Waals surface area (Å²) in [5, 5.41) is 0. The molecule has 1 aromatic carbocycles. The van der Waals surface area contributed by atoms with Crippen molar-refractivity contribution < 1.29 is 28.5 Å². The number of halogens is 1. The molecule has 0 radical (unpaired) electrons. The first kappa shape index (κ1) is 15.2. The van der Waals surface area contributed by atoms with E-state index >= 15 is 0 Å². The van der Waals surface area contributed by atoms with Gasteiger partial charge in [-0.05, 0) is 37.3 Å². The maximum atomic E-state index is 3.09. The van der Waals surface area contributed by atoms with Gasteiger partial charge in [0.05, 0.1) is 6.04 Å². The standard InChI is InChI=1S/C15H20N2.HI/c1-3-14-6-8-15(9-7-14)5-4-13(2)17-11-10-16-12-17;/h6-13H,3-5H2,1-2H3;1H. The lowest BCUT2D eigenvalue weighted by Gasteiger charge is -2.08. The highest BCUT2D eigenvalue weighted by atomic mass is 127. The quantitative estimate of drug-likeness (QED) is 0.578. The van der Waals surface area contributed by atoms with Gasteiger partial charge in [0.2, 0.25) is 6.33 Å². The van der Waals surface area contributed by atoms with Crippen LogP contribution in [0.1, 0.15) is 37.4 Å². The number of aromatic amines is 1. The Hall–Kier alpha value is -0.840. The zero-order valence-corrected chi connectivity index (χ0v) is 13.2. The van der Waals surface area contributed by atoms with Crippen LogP contribution in [0.4, 0.5) is 0 Å². The Morgan fingerprint density at radius 2 is 1.83 bits per heavy atom. The van der Waals surface area contributed by atoms with Crippen LogP contribution in [-0.4, -0.2) is 4.98 Å². The van der Waals surface area contributed by atoms with Crippen LogP contribution in [-0.2, 0) is 12.8 Å². The smallest absolute Gasteiger partial charge is 0.241 e. The Labute approximate surface area is 126 Å². The number of hydrogen-bond donors (Lipinski definition) is 1. The normalized spacial score (nSPS) is 11.9. The Bertz CT molecular complexity index is 434. The molecule has 2 rings (SSSR count). The molecule has 1 N–H and O–H groups in total. The minimum atomic E-state index is 0. The van der Waals surface area contributed by atoms with Gasteiger partial charge in [-0.25, -0.2) is 4.57 Å². The van der Waals surface area contributed by atoms with Crippen molar-refractivity contribution in [2.45, 2.75) is 39.2 Å². The van der Waals surface area contributed by atoms with E-state index in [1.165, 1.54) is 17.5 Å². The molecule has 0 amide bonds. The lowest BCUT2D eigenvalue weighted by atomic mass is 10.0. The lowest BCUT2D eigenvalue weighted by molar-refractivity contribution is -0.719. The maximum absolute atomic E-state index is 3.09. The molecule has 1 unspecified atom stereocenters. The van der Waals surface area contributed by atoms with E-state index in [1.807, 2.05) is 12.5 Å². The van der Waals surface area contributed by atoms with Gasteiger partial charge in [-0.1, -0.05) is 31.2 Å². The average molecular weight is 356 g/mol. The summed E-state index contributed by atoms with van der Waals surface area (Å²) in [6.45, 7) is 4.45. The average Bonchev–Trinajstić information content (AvgIpc) is 2.90. The van der Waals surface area contributed by atoms with Gasteiger partial charge >= 0.3 is 0 Å². The Morgan fingerprint density at radius 3 is 2.39 bits per heavy atom. The lowest BCUT2D eigenvalue weighted by Crippen LogP contribution is -3.00. The Balaban J connectivity index is 0.00000162. The Morgan fingerprint density at radius 1 is 1.17 bits per heavy atom. The van der Waals surface area contributed by atoms with Crippen LogP contribution in [0.2, 0.25) is 0 Å². The molecule has 0 saturated carbocycles. The van der Waals surface area contributed by atoms with Gasteiger partial charge in [-0.3, -0.25) is 4.98 Å². The van der Waals surface area contributed by atoms with Crippen molar-refractivity contribution in [3.63, 3.8) is 0 Å². The van der Waals surface area contributed by atoms with Gasteiger partial charge in [-0.15, -0.1) is 0 Å². The molecule has 3 heteroatoms. The van der Waals surface area contributed by atoms with Crippen molar-refractivity contribution in [1.82, 2.24) is 4.98 Å². The second-order valence-electron chi connectivity index (χ2n) is 4.62. The molecule has 0 fully saturated rings. The van der Waals surface area contributed by atoms with Crippen LogP contribution in [0.15, 0.2) is 43.0 Å². The van der Waals surface area contributed by atoms with Gasteiger partial charge in [0, 0.05) is 0 Å². The molecule has 0 aliphatic rings. The third-order valence-corrected chi connectivity index (χ3v) is 3.36. The van der Waals surface area contributed by atoms with E-state index in [4.69, 9.17) is 0 Å². The van der Waals surface area contributed by atoms with E-state index in [9.17, 15) is 0 Å². The van der Waals surface area contributed by atoms with Gasteiger partial charge in [0.25, 0.3) is 0 Å². The van der Waals surface area contributed by atoms with Crippen LogP contribution in [0.5, 0.6) is 0 Å². The summed E-state index contributed by atoms with van der Waals surface area (Å²) < 4.78 is 2.22. The van der Waals surface area contributed by atoms with Crippen LogP contribution in [0.25, 0.3) is 0 Å². The first-order valence-corrected chi connectivity index (χ1v) is 6.41. The monoisotopic (exact) mass is 356 g/mol. The summed E-state index contributed by atoms with van der Waals surface area (Å²) in [5.74, 6) is 0. The number of nitrogens with one attached hydrogen (secondary N) is 1. The predicted molar refractivity (Wildman–Crippen MR) is 69.8 cm³/mol. The van der Waals surface area contributed by atoms with Gasteiger partial charge in [0.1, 0.15) is 12.4 Å². The first-order chi connectivity index (χ1) is 8.29. The molecule has 0 spiro atoms. The number of aromatic nitrogens is 2. The molecule has 2 aromatic rings. The molecule has 0 saturated heterocycles. The van der Waals surface area contributed by atoms with E-state index in [1.54, 1.807) is 0 Å². The summed E-state index contributed by atoms with van der Waals surface area (Å²) in [4.78, 5) is 3.09. The molecule has 2 nitrogen and oxygen atoms in total. The molecule has 18 heavy (non-hydrogen) atoms. The van der Waals surface area contributed by atoms with E-state index < -0.39 is 0 Å². The summed E-state index contributed by atoms with van der Waals surface area (Å²) in [6, 6.07) is 9.54. The molecule has 98 valence electrons. The van der Waals surface area contributed by atoms with Crippen LogP contribution in [0.3, 0.4) is 0 Å². The molecule has 1 heterocycles. The molecule has 0 bridgehead atoms.